The summed E-state index contributed by atoms with van der Waals surface area (Å²) in [5, 5.41) is 0. The summed E-state index contributed by atoms with van der Waals surface area (Å²) < 4.78 is 0. The van der Waals surface area contributed by atoms with Gasteiger partial charge in [0.15, 0.2) is 0 Å². The highest BCUT2D eigenvalue weighted by Crippen LogP contribution is 2.36. The number of aryl methyl sites for hydroxylation is 1. The van der Waals surface area contributed by atoms with Crippen LogP contribution < -0.4 is 0 Å². The lowest BCUT2D eigenvalue weighted by Crippen LogP contribution is -2.14. The van der Waals surface area contributed by atoms with E-state index in [-0.39, 0.29) is 0 Å². The molecule has 0 heteroatoms. The van der Waals surface area contributed by atoms with Crippen molar-refractivity contribution in [1.82, 2.24) is 0 Å². The van der Waals surface area contributed by atoms with Crippen LogP contribution in [0.15, 0.2) is 54.6 Å². The minimum Gasteiger partial charge on any atom is -0.0804 e. The Bertz CT molecular complexity index is 763. The topological polar surface area (TPSA) is 0 Å². The second-order valence-corrected chi connectivity index (χ2v) is 9.47. The van der Waals surface area contributed by atoms with Gasteiger partial charge in [-0.2, -0.15) is 0 Å². The Balaban J connectivity index is 1.55. The van der Waals surface area contributed by atoms with E-state index in [1.807, 2.05) is 0 Å². The van der Waals surface area contributed by atoms with Gasteiger partial charge in [0.25, 0.3) is 0 Å². The minimum absolute atomic E-state index is 0.877. The molecule has 2 aromatic rings. The Kier molecular flexibility index (Phi) is 9.25. The molecule has 0 aromatic heterocycles. The molecule has 0 saturated carbocycles. The van der Waals surface area contributed by atoms with E-state index in [1.54, 1.807) is 5.57 Å². The largest absolute Gasteiger partial charge is 0.0804 e. The molecule has 0 fully saturated rings. The Morgan fingerprint density at radius 1 is 0.767 bits per heavy atom. The summed E-state index contributed by atoms with van der Waals surface area (Å²) in [6, 6.07) is 18.5. The van der Waals surface area contributed by atoms with Crippen molar-refractivity contribution < 1.29 is 0 Å². The van der Waals surface area contributed by atoms with E-state index in [0.29, 0.717) is 0 Å². The highest BCUT2D eigenvalue weighted by Gasteiger charge is 2.20. The molecule has 0 nitrogen and oxygen atoms in total. The fraction of sp³-hybridized carbons (Fsp3) is 0.533. The first-order valence-corrected chi connectivity index (χ1v) is 12.6. The standard InChI is InChI=1S/C30H42/c1-4-6-8-10-24(3)26-16-18-28(19-17-26)30-22-20-29(21-23-30)27-14-12-25(13-15-27)11-9-7-5-2/h12-15,18,20-24,26H,4-11,16-17,19H2,1-3H3. The number of hydrogen-bond donors (Lipinski definition) is 0. The summed E-state index contributed by atoms with van der Waals surface area (Å²) in [5.74, 6) is 1.77. The zero-order valence-electron chi connectivity index (χ0n) is 19.6. The Labute approximate surface area is 185 Å². The molecule has 30 heavy (non-hydrogen) atoms. The zero-order chi connectivity index (χ0) is 21.2. The van der Waals surface area contributed by atoms with Crippen LogP contribution in [0.2, 0.25) is 0 Å². The molecular weight excluding hydrogens is 360 g/mol. The van der Waals surface area contributed by atoms with E-state index < -0.39 is 0 Å². The Morgan fingerprint density at radius 3 is 1.97 bits per heavy atom. The number of unbranched alkanes of at least 4 members (excludes halogenated alkanes) is 4. The molecule has 0 amide bonds. The average molecular weight is 403 g/mol. The summed E-state index contributed by atoms with van der Waals surface area (Å²) in [6.45, 7) is 7.04. The predicted molar refractivity (Wildman–Crippen MR) is 134 cm³/mol. The fourth-order valence-electron chi connectivity index (χ4n) is 4.91. The van der Waals surface area contributed by atoms with Crippen LogP contribution in [0.1, 0.15) is 96.1 Å². The van der Waals surface area contributed by atoms with Crippen molar-refractivity contribution in [1.29, 1.82) is 0 Å². The van der Waals surface area contributed by atoms with Gasteiger partial charge in [0, 0.05) is 0 Å². The molecule has 2 atom stereocenters. The monoisotopic (exact) mass is 402 g/mol. The van der Waals surface area contributed by atoms with Crippen molar-refractivity contribution >= 4 is 5.57 Å². The van der Waals surface area contributed by atoms with Crippen LogP contribution in [0.3, 0.4) is 0 Å². The smallest absolute Gasteiger partial charge is 0.0184 e. The second-order valence-electron chi connectivity index (χ2n) is 9.47. The first kappa shape index (κ1) is 22.9. The Morgan fingerprint density at radius 2 is 1.37 bits per heavy atom. The summed E-state index contributed by atoms with van der Waals surface area (Å²) in [5.41, 5.74) is 7.11. The summed E-state index contributed by atoms with van der Waals surface area (Å²) in [7, 11) is 0. The lowest BCUT2D eigenvalue weighted by Gasteiger charge is -2.27. The summed E-state index contributed by atoms with van der Waals surface area (Å²) >= 11 is 0. The minimum atomic E-state index is 0.877. The molecule has 3 rings (SSSR count). The molecule has 0 N–H and O–H groups in total. The van der Waals surface area contributed by atoms with Gasteiger partial charge in [0.2, 0.25) is 0 Å². The van der Waals surface area contributed by atoms with Gasteiger partial charge in [0.1, 0.15) is 0 Å². The zero-order valence-corrected chi connectivity index (χ0v) is 19.6. The molecule has 0 aliphatic heterocycles. The molecule has 162 valence electrons. The van der Waals surface area contributed by atoms with Crippen molar-refractivity contribution in [3.8, 4) is 11.1 Å². The van der Waals surface area contributed by atoms with E-state index >= 15 is 0 Å². The summed E-state index contributed by atoms with van der Waals surface area (Å²) in [6.07, 6.45) is 17.1. The molecular formula is C30H42. The van der Waals surface area contributed by atoms with Crippen LogP contribution >= 0.6 is 0 Å². The molecule has 2 aromatic carbocycles. The quantitative estimate of drug-likeness (QED) is 0.328. The predicted octanol–water partition coefficient (Wildman–Crippen LogP) is 9.49. The molecule has 0 heterocycles. The maximum Gasteiger partial charge on any atom is -0.0184 e. The maximum absolute atomic E-state index is 2.53. The van der Waals surface area contributed by atoms with Crippen molar-refractivity contribution in [2.24, 2.45) is 11.8 Å². The van der Waals surface area contributed by atoms with Crippen molar-refractivity contribution in [2.45, 2.75) is 91.4 Å². The van der Waals surface area contributed by atoms with Crippen LogP contribution in [-0.2, 0) is 6.42 Å². The number of allylic oxidation sites excluding steroid dienone is 2. The third-order valence-corrected chi connectivity index (χ3v) is 7.13. The normalized spacial score (nSPS) is 17.6. The number of hydrogen-bond acceptors (Lipinski definition) is 0. The number of benzene rings is 2. The maximum atomic E-state index is 2.53. The van der Waals surface area contributed by atoms with Gasteiger partial charge >= 0.3 is 0 Å². The Hall–Kier alpha value is -1.82. The third kappa shape index (κ3) is 6.59. The van der Waals surface area contributed by atoms with Crippen LogP contribution in [0.4, 0.5) is 0 Å². The van der Waals surface area contributed by atoms with Gasteiger partial charge in [-0.15, -0.1) is 0 Å². The molecule has 2 unspecified atom stereocenters. The van der Waals surface area contributed by atoms with Gasteiger partial charge in [-0.1, -0.05) is 114 Å². The highest BCUT2D eigenvalue weighted by molar-refractivity contribution is 5.71. The highest BCUT2D eigenvalue weighted by atomic mass is 14.3. The SMILES string of the molecule is CCCCCc1ccc(-c2ccc(C3=CCC(C(C)CCCCC)CC3)cc2)cc1. The van der Waals surface area contributed by atoms with Crippen molar-refractivity contribution in [3.05, 3.63) is 65.7 Å². The van der Waals surface area contributed by atoms with Gasteiger partial charge in [0.05, 0.1) is 0 Å². The summed E-state index contributed by atoms with van der Waals surface area (Å²) in [4.78, 5) is 0. The van der Waals surface area contributed by atoms with Crippen LogP contribution in [0, 0.1) is 11.8 Å². The van der Waals surface area contributed by atoms with Crippen molar-refractivity contribution in [3.63, 3.8) is 0 Å². The van der Waals surface area contributed by atoms with Crippen LogP contribution in [0.5, 0.6) is 0 Å². The molecule has 1 aliphatic carbocycles. The third-order valence-electron chi connectivity index (χ3n) is 7.13. The van der Waals surface area contributed by atoms with Crippen LogP contribution in [0.25, 0.3) is 16.7 Å². The second kappa shape index (κ2) is 12.1. The van der Waals surface area contributed by atoms with E-state index in [4.69, 9.17) is 0 Å². The van der Waals surface area contributed by atoms with Crippen LogP contribution in [-0.4, -0.2) is 0 Å². The van der Waals surface area contributed by atoms with E-state index in [9.17, 15) is 0 Å². The first-order valence-electron chi connectivity index (χ1n) is 12.6. The lowest BCUT2D eigenvalue weighted by molar-refractivity contribution is 0.308. The molecule has 0 saturated heterocycles. The van der Waals surface area contributed by atoms with Gasteiger partial charge < -0.3 is 0 Å². The number of rotatable bonds is 11. The molecule has 0 bridgehead atoms. The van der Waals surface area contributed by atoms with E-state index in [2.05, 4.69) is 75.4 Å². The molecule has 0 radical (unpaired) electrons. The van der Waals surface area contributed by atoms with Crippen molar-refractivity contribution in [2.75, 3.05) is 0 Å². The van der Waals surface area contributed by atoms with E-state index in [0.717, 1.165) is 11.8 Å². The first-order chi connectivity index (χ1) is 14.7. The van der Waals surface area contributed by atoms with E-state index in [1.165, 1.54) is 92.9 Å². The fourth-order valence-corrected chi connectivity index (χ4v) is 4.91. The average Bonchev–Trinajstić information content (AvgIpc) is 2.80. The lowest BCUT2D eigenvalue weighted by atomic mass is 9.78. The molecule has 0 spiro atoms. The van der Waals surface area contributed by atoms with Gasteiger partial charge in [-0.3, -0.25) is 0 Å². The van der Waals surface area contributed by atoms with Gasteiger partial charge in [-0.05, 0) is 71.8 Å². The molecule has 1 aliphatic rings. The van der Waals surface area contributed by atoms with Gasteiger partial charge in [-0.25, -0.2) is 0 Å².